The lowest BCUT2D eigenvalue weighted by atomic mass is 10.2. The number of carboxylic acids is 1. The van der Waals surface area contributed by atoms with E-state index in [1.165, 1.54) is 36.5 Å². The number of sulfonamides is 1. The van der Waals surface area contributed by atoms with Crippen LogP contribution in [0.25, 0.3) is 0 Å². The lowest BCUT2D eigenvalue weighted by Gasteiger charge is -2.17. The fourth-order valence-corrected chi connectivity index (χ4v) is 4.26. The first kappa shape index (κ1) is 26.1. The highest BCUT2D eigenvalue weighted by Gasteiger charge is 2.23. The first-order valence-corrected chi connectivity index (χ1v) is 12.0. The molecule has 0 saturated heterocycles. The van der Waals surface area contributed by atoms with Crippen LogP contribution >= 0.6 is 0 Å². The molecule has 13 heteroatoms. The zero-order chi connectivity index (χ0) is 26.3. The van der Waals surface area contributed by atoms with Gasteiger partial charge in [0.2, 0.25) is 0 Å². The van der Waals surface area contributed by atoms with Gasteiger partial charge >= 0.3 is 5.97 Å². The Bertz CT molecular complexity index is 1390. The van der Waals surface area contributed by atoms with Gasteiger partial charge in [0.15, 0.2) is 0 Å². The average molecular weight is 514 g/mol. The van der Waals surface area contributed by atoms with Crippen LogP contribution in [-0.4, -0.2) is 55.9 Å². The van der Waals surface area contributed by atoms with Gasteiger partial charge in [-0.1, -0.05) is 24.3 Å². The molecule has 12 nitrogen and oxygen atoms in total. The highest BCUT2D eigenvalue weighted by Crippen LogP contribution is 2.29. The number of nitro groups is 1. The summed E-state index contributed by atoms with van der Waals surface area (Å²) in [5.74, 6) is -1.33. The fraction of sp³-hybridized carbons (Fsp3) is 0.130. The molecule has 0 spiro atoms. The number of aromatic carboxylic acids is 1. The van der Waals surface area contributed by atoms with E-state index in [9.17, 15) is 28.4 Å². The second kappa shape index (κ2) is 11.3. The minimum Gasteiger partial charge on any atom is -0.478 e. The number of benzene rings is 3. The third-order valence-corrected chi connectivity index (χ3v) is 6.41. The predicted molar refractivity (Wildman–Crippen MR) is 135 cm³/mol. The number of para-hydroxylation sites is 1. The molecular weight excluding hydrogens is 490 g/mol. The van der Waals surface area contributed by atoms with Crippen LogP contribution in [0.15, 0.2) is 76.7 Å². The first-order chi connectivity index (χ1) is 17.1. The number of nitrogens with zero attached hydrogens (tertiary/aromatic N) is 3. The highest BCUT2D eigenvalue weighted by molar-refractivity contribution is 7.92. The SMILES string of the molecule is CN(CCO)c1ccc(/C=N\Nc2ccc(S(=O)(=O)Nc3ccccc3C(=O)O)cc2[N+](=O)[O-])cc1. The van der Waals surface area contributed by atoms with Crippen molar-refractivity contribution >= 4 is 45.0 Å². The zero-order valence-corrected chi connectivity index (χ0v) is 19.8. The lowest BCUT2D eigenvalue weighted by molar-refractivity contribution is -0.384. The smallest absolute Gasteiger partial charge is 0.337 e. The molecule has 4 N–H and O–H groups in total. The predicted octanol–water partition coefficient (Wildman–Crippen LogP) is 2.97. The minimum absolute atomic E-state index is 0.0220. The zero-order valence-electron chi connectivity index (χ0n) is 19.0. The summed E-state index contributed by atoms with van der Waals surface area (Å²) in [6, 6.07) is 15.8. The quantitative estimate of drug-likeness (QED) is 0.171. The van der Waals surface area contributed by atoms with Gasteiger partial charge in [-0.2, -0.15) is 5.10 Å². The van der Waals surface area contributed by atoms with Gasteiger partial charge in [0.25, 0.3) is 15.7 Å². The Balaban J connectivity index is 1.79. The van der Waals surface area contributed by atoms with Crippen molar-refractivity contribution in [1.82, 2.24) is 0 Å². The summed E-state index contributed by atoms with van der Waals surface area (Å²) >= 11 is 0. The standard InChI is InChI=1S/C23H23N5O7S/c1-27(12-13-29)17-8-6-16(7-9-17)15-24-25-21-11-10-18(14-22(21)28(32)33)36(34,35)26-20-5-3-2-4-19(20)23(30)31/h2-11,14-15,25-26,29H,12-13H2,1H3,(H,30,31)/b24-15-. The Morgan fingerprint density at radius 3 is 2.44 bits per heavy atom. The molecule has 3 aromatic carbocycles. The van der Waals surface area contributed by atoms with Crippen LogP contribution in [-0.2, 0) is 10.0 Å². The monoisotopic (exact) mass is 513 g/mol. The van der Waals surface area contributed by atoms with E-state index in [0.29, 0.717) is 12.1 Å². The van der Waals surface area contributed by atoms with Gasteiger partial charge in [-0.3, -0.25) is 20.3 Å². The Morgan fingerprint density at radius 2 is 1.81 bits per heavy atom. The lowest BCUT2D eigenvalue weighted by Crippen LogP contribution is -2.20. The van der Waals surface area contributed by atoms with Gasteiger partial charge in [0.1, 0.15) is 5.69 Å². The van der Waals surface area contributed by atoms with Crippen LogP contribution in [0.3, 0.4) is 0 Å². The molecular formula is C23H23N5O7S. The van der Waals surface area contributed by atoms with Crippen molar-refractivity contribution in [1.29, 1.82) is 0 Å². The molecule has 188 valence electrons. The van der Waals surface area contributed by atoms with Crippen molar-refractivity contribution in [2.45, 2.75) is 4.90 Å². The Labute approximate surface area is 206 Å². The normalized spacial score (nSPS) is 11.3. The van der Waals surface area contributed by atoms with Crippen molar-refractivity contribution < 1.29 is 28.3 Å². The van der Waals surface area contributed by atoms with Crippen molar-refractivity contribution in [3.8, 4) is 0 Å². The number of aliphatic hydroxyl groups excluding tert-OH is 1. The van der Waals surface area contributed by atoms with Gasteiger partial charge in [-0.15, -0.1) is 0 Å². The maximum absolute atomic E-state index is 12.8. The first-order valence-electron chi connectivity index (χ1n) is 10.5. The summed E-state index contributed by atoms with van der Waals surface area (Å²) < 4.78 is 27.7. The van der Waals surface area contributed by atoms with Crippen molar-refractivity contribution in [3.05, 3.63) is 88.0 Å². The fourth-order valence-electron chi connectivity index (χ4n) is 3.16. The summed E-state index contributed by atoms with van der Waals surface area (Å²) in [6.07, 6.45) is 1.44. The van der Waals surface area contributed by atoms with Crippen molar-refractivity contribution in [2.75, 3.05) is 35.2 Å². The molecule has 0 heterocycles. The molecule has 3 aromatic rings. The topological polar surface area (TPSA) is 174 Å². The number of anilines is 3. The number of nitrogens with one attached hydrogen (secondary N) is 2. The average Bonchev–Trinajstić information content (AvgIpc) is 2.84. The highest BCUT2D eigenvalue weighted by atomic mass is 32.2. The molecule has 3 rings (SSSR count). The van der Waals surface area contributed by atoms with Gasteiger partial charge in [-0.05, 0) is 42.0 Å². The van der Waals surface area contributed by atoms with Crippen LogP contribution in [0.5, 0.6) is 0 Å². The van der Waals surface area contributed by atoms with Crippen LogP contribution in [0.1, 0.15) is 15.9 Å². The number of rotatable bonds is 11. The van der Waals surface area contributed by atoms with E-state index in [2.05, 4.69) is 15.2 Å². The molecule has 0 bridgehead atoms. The molecule has 0 saturated carbocycles. The summed E-state index contributed by atoms with van der Waals surface area (Å²) in [4.78, 5) is 23.6. The van der Waals surface area contributed by atoms with Crippen LogP contribution in [0, 0.1) is 10.1 Å². The maximum atomic E-state index is 12.8. The van der Waals surface area contributed by atoms with Crippen molar-refractivity contribution in [3.63, 3.8) is 0 Å². The van der Waals surface area contributed by atoms with E-state index < -0.39 is 31.5 Å². The molecule has 36 heavy (non-hydrogen) atoms. The summed E-state index contributed by atoms with van der Waals surface area (Å²) in [7, 11) is -2.49. The van der Waals surface area contributed by atoms with E-state index >= 15 is 0 Å². The number of aliphatic hydroxyl groups is 1. The third-order valence-electron chi connectivity index (χ3n) is 5.05. The Kier molecular flexibility index (Phi) is 8.19. The van der Waals surface area contributed by atoms with Gasteiger partial charge in [0, 0.05) is 25.3 Å². The van der Waals surface area contributed by atoms with Gasteiger partial charge < -0.3 is 15.1 Å². The molecule has 0 aliphatic rings. The number of carboxylic acid groups (broad SMARTS) is 1. The molecule has 0 aliphatic carbocycles. The molecule has 0 amide bonds. The maximum Gasteiger partial charge on any atom is 0.337 e. The van der Waals surface area contributed by atoms with E-state index in [1.807, 2.05) is 24.1 Å². The summed E-state index contributed by atoms with van der Waals surface area (Å²) in [6.45, 7) is 0.500. The molecule has 0 aromatic heterocycles. The number of hydrazone groups is 1. The minimum atomic E-state index is -4.32. The second-order valence-electron chi connectivity index (χ2n) is 7.50. The molecule has 0 radical (unpaired) electrons. The number of hydrogen-bond donors (Lipinski definition) is 4. The van der Waals surface area contributed by atoms with E-state index in [1.54, 1.807) is 12.1 Å². The van der Waals surface area contributed by atoms with Crippen LogP contribution in [0.4, 0.5) is 22.7 Å². The van der Waals surface area contributed by atoms with Gasteiger partial charge in [0.05, 0.1) is 33.9 Å². The number of carbonyl (C=O) groups is 1. The van der Waals surface area contributed by atoms with E-state index in [4.69, 9.17) is 5.11 Å². The largest absolute Gasteiger partial charge is 0.478 e. The van der Waals surface area contributed by atoms with Crippen molar-refractivity contribution in [2.24, 2.45) is 5.10 Å². The number of likely N-dealkylation sites (N-methyl/N-ethyl adjacent to an activating group) is 1. The van der Waals surface area contributed by atoms with E-state index in [0.717, 1.165) is 17.8 Å². The molecule has 0 aliphatic heterocycles. The molecule has 0 unspecified atom stereocenters. The van der Waals surface area contributed by atoms with Crippen LogP contribution < -0.4 is 15.0 Å². The second-order valence-corrected chi connectivity index (χ2v) is 9.18. The third kappa shape index (κ3) is 6.34. The molecule has 0 fully saturated rings. The van der Waals surface area contributed by atoms with E-state index in [-0.39, 0.29) is 23.5 Å². The number of hydrogen-bond acceptors (Lipinski definition) is 9. The Morgan fingerprint density at radius 1 is 1.11 bits per heavy atom. The van der Waals surface area contributed by atoms with Crippen LogP contribution in [0.2, 0.25) is 0 Å². The summed E-state index contributed by atoms with van der Waals surface area (Å²) in [5.41, 5.74) is 3.11. The summed E-state index contributed by atoms with van der Waals surface area (Å²) in [5, 5.41) is 33.9. The Hall–Kier alpha value is -4.49. The van der Waals surface area contributed by atoms with Gasteiger partial charge in [-0.25, -0.2) is 13.2 Å². The number of nitro benzene ring substituents is 1. The molecule has 0 atom stereocenters.